The van der Waals surface area contributed by atoms with Crippen molar-refractivity contribution >= 4 is 38.1 Å². The zero-order chi connectivity index (χ0) is 24.7. The average molecular weight is 499 g/mol. The van der Waals surface area contributed by atoms with Crippen molar-refractivity contribution in [2.45, 2.75) is 43.7 Å². The lowest BCUT2D eigenvalue weighted by Gasteiger charge is -2.37. The Labute approximate surface area is 204 Å². The Kier molecular flexibility index (Phi) is 6.24. The number of sulfonamides is 1. The monoisotopic (exact) mass is 498 g/mol. The quantitative estimate of drug-likeness (QED) is 0.504. The third-order valence-electron chi connectivity index (χ3n) is 7.14. The Hall–Kier alpha value is -3.02. The van der Waals surface area contributed by atoms with Gasteiger partial charge in [-0.1, -0.05) is 0 Å². The molecule has 186 valence electrons. The summed E-state index contributed by atoms with van der Waals surface area (Å²) < 4.78 is 34.8. The lowest BCUT2D eigenvalue weighted by Crippen LogP contribution is -2.49. The molecule has 10 nitrogen and oxygen atoms in total. The van der Waals surface area contributed by atoms with E-state index in [1.165, 1.54) is 4.31 Å². The zero-order valence-electron chi connectivity index (χ0n) is 20.1. The maximum atomic E-state index is 12.8. The highest BCUT2D eigenvalue weighted by Gasteiger charge is 2.35. The number of hydrogen-bond acceptors (Lipinski definition) is 7. The van der Waals surface area contributed by atoms with Gasteiger partial charge >= 0.3 is 0 Å². The van der Waals surface area contributed by atoms with Crippen LogP contribution in [-0.2, 0) is 14.8 Å². The normalized spacial score (nSPS) is 23.9. The molecule has 3 aromatic rings. The first-order valence-corrected chi connectivity index (χ1v) is 13.2. The number of anilines is 2. The summed E-state index contributed by atoms with van der Waals surface area (Å²) in [7, 11) is -1.72. The van der Waals surface area contributed by atoms with Gasteiger partial charge in [0.1, 0.15) is 5.39 Å². The number of aromatic nitrogens is 3. The lowest BCUT2D eigenvalue weighted by molar-refractivity contribution is 0.0388. The molecule has 2 saturated heterocycles. The van der Waals surface area contributed by atoms with Crippen LogP contribution in [0.3, 0.4) is 0 Å². The van der Waals surface area contributed by atoms with Gasteiger partial charge in [0, 0.05) is 49.8 Å². The van der Waals surface area contributed by atoms with E-state index >= 15 is 0 Å². The largest absolute Gasteiger partial charge is 0.379 e. The highest BCUT2D eigenvalue weighted by molar-refractivity contribution is 7.89. The number of hydrogen-bond donors (Lipinski definition) is 2. The molecule has 0 amide bonds. The maximum Gasteiger partial charge on any atom is 0.261 e. The molecule has 2 aliphatic heterocycles. The molecule has 2 N–H and O–H groups in total. The second kappa shape index (κ2) is 9.21. The summed E-state index contributed by atoms with van der Waals surface area (Å²) in [5, 5.41) is 8.45. The zero-order valence-corrected chi connectivity index (χ0v) is 20.9. The van der Waals surface area contributed by atoms with Gasteiger partial charge in [0.05, 0.1) is 23.1 Å². The van der Waals surface area contributed by atoms with E-state index in [-0.39, 0.29) is 28.5 Å². The molecule has 4 heterocycles. The van der Waals surface area contributed by atoms with Gasteiger partial charge < -0.3 is 15.0 Å². The third kappa shape index (κ3) is 4.17. The minimum atomic E-state index is -3.50. The van der Waals surface area contributed by atoms with Gasteiger partial charge in [-0.25, -0.2) is 8.42 Å². The van der Waals surface area contributed by atoms with E-state index in [4.69, 9.17) is 9.84 Å². The van der Waals surface area contributed by atoms with Gasteiger partial charge in [0.25, 0.3) is 5.56 Å². The van der Waals surface area contributed by atoms with Gasteiger partial charge in [-0.3, -0.25) is 14.5 Å². The van der Waals surface area contributed by atoms with Crippen LogP contribution in [0.15, 0.2) is 51.2 Å². The van der Waals surface area contributed by atoms with E-state index in [1.54, 1.807) is 37.5 Å². The minimum Gasteiger partial charge on any atom is -0.379 e. The summed E-state index contributed by atoms with van der Waals surface area (Å²) in [5.74, 6) is 0.557. The number of nitrogens with one attached hydrogen (secondary N) is 2. The first-order chi connectivity index (χ1) is 16.8. The fraction of sp³-hybridized carbons (Fsp3) is 0.458. The lowest BCUT2D eigenvalue weighted by atomic mass is 9.90. The van der Waals surface area contributed by atoms with E-state index < -0.39 is 10.0 Å². The van der Waals surface area contributed by atoms with Crippen molar-refractivity contribution in [3.8, 4) is 0 Å². The molecule has 3 unspecified atom stereocenters. The Morgan fingerprint density at radius 2 is 2.00 bits per heavy atom. The molecular weight excluding hydrogens is 468 g/mol. The van der Waals surface area contributed by atoms with E-state index in [2.05, 4.69) is 15.3 Å². The first-order valence-electron chi connectivity index (χ1n) is 11.8. The van der Waals surface area contributed by atoms with Crippen molar-refractivity contribution in [1.29, 1.82) is 0 Å². The third-order valence-corrected chi connectivity index (χ3v) is 9.17. The summed E-state index contributed by atoms with van der Waals surface area (Å²) in [6, 6.07) is 8.31. The van der Waals surface area contributed by atoms with Crippen molar-refractivity contribution < 1.29 is 13.2 Å². The van der Waals surface area contributed by atoms with Gasteiger partial charge in [0.15, 0.2) is 5.82 Å². The molecule has 1 aromatic carbocycles. The smallest absolute Gasteiger partial charge is 0.261 e. The van der Waals surface area contributed by atoms with Crippen LogP contribution in [0.1, 0.15) is 32.7 Å². The highest BCUT2D eigenvalue weighted by atomic mass is 32.2. The van der Waals surface area contributed by atoms with E-state index in [0.29, 0.717) is 42.2 Å². The molecular formula is C24H30N6O4S. The van der Waals surface area contributed by atoms with Crippen molar-refractivity contribution in [2.24, 2.45) is 10.9 Å². The molecule has 0 spiro atoms. The number of aromatic amines is 1. The number of nitrogens with zero attached hydrogens (tertiary/aromatic N) is 4. The second-order valence-electron chi connectivity index (χ2n) is 9.17. The summed E-state index contributed by atoms with van der Waals surface area (Å²) >= 11 is 0. The van der Waals surface area contributed by atoms with Crippen LogP contribution in [0.2, 0.25) is 0 Å². The molecule has 5 rings (SSSR count). The van der Waals surface area contributed by atoms with Crippen molar-refractivity contribution in [3.63, 3.8) is 0 Å². The van der Waals surface area contributed by atoms with Crippen LogP contribution in [0.25, 0.3) is 10.9 Å². The molecule has 2 aliphatic rings. The summed E-state index contributed by atoms with van der Waals surface area (Å²) in [6.07, 6.45) is 3.31. The topological polar surface area (TPSA) is 122 Å². The Morgan fingerprint density at radius 1 is 1.23 bits per heavy atom. The predicted molar refractivity (Wildman–Crippen MR) is 135 cm³/mol. The van der Waals surface area contributed by atoms with Gasteiger partial charge in [-0.15, -0.1) is 0 Å². The predicted octanol–water partition coefficient (Wildman–Crippen LogP) is 2.92. The minimum absolute atomic E-state index is 0.0221. The van der Waals surface area contributed by atoms with Crippen LogP contribution in [-0.4, -0.2) is 66.0 Å². The van der Waals surface area contributed by atoms with Crippen LogP contribution in [0, 0.1) is 5.92 Å². The Balaban J connectivity index is 1.49. The van der Waals surface area contributed by atoms with Gasteiger partial charge in [-0.05, 0) is 57.0 Å². The molecule has 11 heteroatoms. The number of benzene rings is 1. The van der Waals surface area contributed by atoms with Crippen LogP contribution in [0.4, 0.5) is 11.5 Å². The second-order valence-corrected chi connectivity index (χ2v) is 11.1. The number of aliphatic imine (C=N–C) groups is 1. The molecule has 2 fully saturated rings. The Morgan fingerprint density at radius 3 is 2.66 bits per heavy atom. The fourth-order valence-electron chi connectivity index (χ4n) is 4.89. The average Bonchev–Trinajstić information content (AvgIpc) is 3.22. The molecule has 3 atom stereocenters. The van der Waals surface area contributed by atoms with Crippen molar-refractivity contribution in [3.05, 3.63) is 46.9 Å². The first kappa shape index (κ1) is 23.7. The van der Waals surface area contributed by atoms with Gasteiger partial charge in [0.2, 0.25) is 10.0 Å². The fourth-order valence-corrected chi connectivity index (χ4v) is 6.56. The number of ether oxygens (including phenoxy) is 1. The van der Waals surface area contributed by atoms with Crippen LogP contribution < -0.4 is 10.9 Å². The summed E-state index contributed by atoms with van der Waals surface area (Å²) in [6.45, 7) is 5.60. The van der Waals surface area contributed by atoms with E-state index in [1.807, 2.05) is 24.6 Å². The molecule has 35 heavy (non-hydrogen) atoms. The molecule has 0 bridgehead atoms. The summed E-state index contributed by atoms with van der Waals surface area (Å²) in [4.78, 5) is 20.2. The van der Waals surface area contributed by atoms with Crippen LogP contribution in [0.5, 0.6) is 0 Å². The molecule has 0 aliphatic carbocycles. The number of rotatable bonds is 6. The number of H-pyrrole nitrogens is 1. The van der Waals surface area contributed by atoms with E-state index in [0.717, 1.165) is 18.6 Å². The SMILES string of the molecule is CN=C(C)C1CCOCC1n1nc(Nc2ccc(S(=O)(=O)N3CCC3C)cc2)c2c(=O)[nH]ccc21. The number of pyridine rings is 1. The molecule has 2 aromatic heterocycles. The van der Waals surface area contributed by atoms with Crippen molar-refractivity contribution in [2.75, 3.05) is 32.1 Å². The molecule has 0 saturated carbocycles. The summed E-state index contributed by atoms with van der Waals surface area (Å²) in [5.41, 5.74) is 2.11. The number of fused-ring (bicyclic) bond motifs is 1. The maximum absolute atomic E-state index is 12.8. The highest BCUT2D eigenvalue weighted by Crippen LogP contribution is 2.33. The van der Waals surface area contributed by atoms with Crippen LogP contribution >= 0.6 is 0 Å². The van der Waals surface area contributed by atoms with Crippen molar-refractivity contribution in [1.82, 2.24) is 19.1 Å². The molecule has 0 radical (unpaired) electrons. The van der Waals surface area contributed by atoms with Gasteiger partial charge in [-0.2, -0.15) is 9.40 Å². The Bertz CT molecular complexity index is 1430. The standard InChI is InChI=1S/C24H30N6O4S/c1-15-9-12-29(15)35(32,33)18-6-4-17(5-7-18)27-23-22-20(8-11-26-24(22)31)30(28-23)21-14-34-13-10-19(21)16(2)25-3/h4-8,11,15,19,21H,9-10,12-14H2,1-3H3,(H,26,31)(H,27,28). The van der Waals surface area contributed by atoms with E-state index in [9.17, 15) is 13.2 Å².